The van der Waals surface area contributed by atoms with Gasteiger partial charge in [0.2, 0.25) is 5.88 Å². The molecular formula is C14H17NO3. The summed E-state index contributed by atoms with van der Waals surface area (Å²) in [7, 11) is 0. The lowest BCUT2D eigenvalue weighted by Crippen LogP contribution is -2.17. The van der Waals surface area contributed by atoms with E-state index in [4.69, 9.17) is 16.3 Å². The number of pyridine rings is 1. The van der Waals surface area contributed by atoms with E-state index in [-0.39, 0.29) is 16.9 Å². The largest absolute Gasteiger partial charge is 0.478 e. The molecule has 0 bridgehead atoms. The number of carbonyl (C=O) groups is 1. The van der Waals surface area contributed by atoms with Crippen LogP contribution in [0, 0.1) is 12.3 Å². The van der Waals surface area contributed by atoms with Gasteiger partial charge >= 0.3 is 5.97 Å². The maximum Gasteiger partial charge on any atom is 0.335 e. The van der Waals surface area contributed by atoms with Crippen molar-refractivity contribution in [3.63, 3.8) is 0 Å². The van der Waals surface area contributed by atoms with E-state index >= 15 is 0 Å². The minimum Gasteiger partial charge on any atom is -0.478 e. The van der Waals surface area contributed by atoms with E-state index in [0.29, 0.717) is 5.69 Å². The Balaban J connectivity index is 3.23. The Hall–Kier alpha value is -2.02. The Morgan fingerprint density at radius 3 is 2.56 bits per heavy atom. The van der Waals surface area contributed by atoms with Crippen LogP contribution < -0.4 is 4.74 Å². The highest BCUT2D eigenvalue weighted by molar-refractivity contribution is 5.88. The van der Waals surface area contributed by atoms with E-state index in [0.717, 1.165) is 0 Å². The molecule has 0 amide bonds. The third-order valence-electron chi connectivity index (χ3n) is 2.35. The first-order chi connectivity index (χ1) is 8.24. The monoisotopic (exact) mass is 247 g/mol. The summed E-state index contributed by atoms with van der Waals surface area (Å²) in [5, 5.41) is 9.07. The molecule has 0 saturated heterocycles. The number of ether oxygens (including phenoxy) is 1. The molecule has 0 aliphatic rings. The zero-order valence-electron chi connectivity index (χ0n) is 11.0. The van der Waals surface area contributed by atoms with Crippen LogP contribution in [0.4, 0.5) is 0 Å². The van der Waals surface area contributed by atoms with Gasteiger partial charge in [-0.25, -0.2) is 9.78 Å². The molecule has 1 rings (SSSR count). The molecule has 1 atom stereocenters. The molecule has 0 fully saturated rings. The number of carboxylic acid groups (broad SMARTS) is 1. The lowest BCUT2D eigenvalue weighted by Gasteiger charge is -2.19. The smallest absolute Gasteiger partial charge is 0.335 e. The van der Waals surface area contributed by atoms with Crippen molar-refractivity contribution in [3.8, 4) is 18.2 Å². The Labute approximate surface area is 107 Å². The topological polar surface area (TPSA) is 59.4 Å². The van der Waals surface area contributed by atoms with Crippen LogP contribution in [0.1, 0.15) is 43.7 Å². The zero-order chi connectivity index (χ0) is 13.9. The van der Waals surface area contributed by atoms with Crippen molar-refractivity contribution >= 4 is 5.97 Å². The molecule has 1 N–H and O–H groups in total. The zero-order valence-corrected chi connectivity index (χ0v) is 11.0. The average molecular weight is 247 g/mol. The number of carboxylic acids is 1. The molecule has 0 saturated carbocycles. The van der Waals surface area contributed by atoms with Crippen molar-refractivity contribution < 1.29 is 14.6 Å². The lowest BCUT2D eigenvalue weighted by molar-refractivity contribution is 0.0695. The Kier molecular flexibility index (Phi) is 3.97. The standard InChI is InChI=1S/C14H17NO3/c1-6-9(2)18-12-8-10(13(16)17)7-11(15-12)14(3,4)5/h1,7-9H,2-5H3,(H,16,17). The Morgan fingerprint density at radius 2 is 2.11 bits per heavy atom. The molecule has 96 valence electrons. The van der Waals surface area contributed by atoms with Crippen molar-refractivity contribution in [2.24, 2.45) is 0 Å². The number of aromatic nitrogens is 1. The molecule has 0 spiro atoms. The fourth-order valence-electron chi connectivity index (χ4n) is 1.29. The van der Waals surface area contributed by atoms with E-state index < -0.39 is 12.1 Å². The fraction of sp³-hybridized carbons (Fsp3) is 0.429. The molecule has 1 unspecified atom stereocenters. The van der Waals surface area contributed by atoms with Crippen LogP contribution in [0.3, 0.4) is 0 Å². The summed E-state index contributed by atoms with van der Waals surface area (Å²) < 4.78 is 5.38. The molecule has 4 heteroatoms. The first kappa shape index (κ1) is 14.0. The first-order valence-corrected chi connectivity index (χ1v) is 5.62. The highest BCUT2D eigenvalue weighted by Gasteiger charge is 2.20. The minimum absolute atomic E-state index is 0.147. The van der Waals surface area contributed by atoms with E-state index in [2.05, 4.69) is 10.9 Å². The number of rotatable bonds is 3. The van der Waals surface area contributed by atoms with Gasteiger partial charge in [-0.1, -0.05) is 26.7 Å². The van der Waals surface area contributed by atoms with Crippen LogP contribution in [-0.4, -0.2) is 22.2 Å². The van der Waals surface area contributed by atoms with Gasteiger partial charge in [0, 0.05) is 11.5 Å². The summed E-state index contributed by atoms with van der Waals surface area (Å²) >= 11 is 0. The number of terminal acetylenes is 1. The number of hydrogen-bond donors (Lipinski definition) is 1. The second kappa shape index (κ2) is 5.09. The summed E-state index contributed by atoms with van der Waals surface area (Å²) in [5.41, 5.74) is 0.541. The van der Waals surface area contributed by atoms with Gasteiger partial charge in [-0.3, -0.25) is 0 Å². The van der Waals surface area contributed by atoms with Gasteiger partial charge in [-0.2, -0.15) is 0 Å². The molecule has 0 aliphatic heterocycles. The summed E-state index contributed by atoms with van der Waals surface area (Å²) in [4.78, 5) is 15.4. The quantitative estimate of drug-likeness (QED) is 0.833. The van der Waals surface area contributed by atoms with Crippen LogP contribution in [0.15, 0.2) is 12.1 Å². The second-order valence-corrected chi connectivity index (χ2v) is 5.06. The molecule has 0 aliphatic carbocycles. The van der Waals surface area contributed by atoms with Crippen molar-refractivity contribution in [1.29, 1.82) is 0 Å². The van der Waals surface area contributed by atoms with Crippen molar-refractivity contribution in [3.05, 3.63) is 23.4 Å². The van der Waals surface area contributed by atoms with E-state index in [1.807, 2.05) is 20.8 Å². The number of nitrogens with zero attached hydrogens (tertiary/aromatic N) is 1. The van der Waals surface area contributed by atoms with Gasteiger partial charge < -0.3 is 9.84 Å². The predicted molar refractivity (Wildman–Crippen MR) is 68.8 cm³/mol. The second-order valence-electron chi connectivity index (χ2n) is 5.06. The molecular weight excluding hydrogens is 230 g/mol. The van der Waals surface area contributed by atoms with Crippen LogP contribution in [0.25, 0.3) is 0 Å². The van der Waals surface area contributed by atoms with Crippen molar-refractivity contribution in [2.45, 2.75) is 39.2 Å². The van der Waals surface area contributed by atoms with Crippen LogP contribution >= 0.6 is 0 Å². The van der Waals surface area contributed by atoms with Gasteiger partial charge in [-0.15, -0.1) is 6.42 Å². The predicted octanol–water partition coefficient (Wildman–Crippen LogP) is 2.48. The lowest BCUT2D eigenvalue weighted by atomic mass is 9.91. The van der Waals surface area contributed by atoms with Gasteiger partial charge in [-0.05, 0) is 13.0 Å². The molecule has 18 heavy (non-hydrogen) atoms. The molecule has 1 aromatic heterocycles. The third kappa shape index (κ3) is 3.49. The van der Waals surface area contributed by atoms with Crippen LogP contribution in [-0.2, 0) is 5.41 Å². The molecule has 1 aromatic rings. The molecule has 4 nitrogen and oxygen atoms in total. The first-order valence-electron chi connectivity index (χ1n) is 5.62. The maximum absolute atomic E-state index is 11.1. The fourth-order valence-corrected chi connectivity index (χ4v) is 1.29. The Morgan fingerprint density at radius 1 is 1.50 bits per heavy atom. The summed E-state index contributed by atoms with van der Waals surface area (Å²) in [6.45, 7) is 7.56. The van der Waals surface area contributed by atoms with Crippen LogP contribution in [0.5, 0.6) is 5.88 Å². The summed E-state index contributed by atoms with van der Waals surface area (Å²) in [6.07, 6.45) is 4.77. The average Bonchev–Trinajstić information content (AvgIpc) is 2.27. The van der Waals surface area contributed by atoms with Crippen molar-refractivity contribution in [1.82, 2.24) is 4.98 Å². The SMILES string of the molecule is C#CC(C)Oc1cc(C(=O)O)cc(C(C)(C)C)n1. The van der Waals surface area contributed by atoms with Gasteiger partial charge in [0.15, 0.2) is 6.10 Å². The minimum atomic E-state index is -1.01. The highest BCUT2D eigenvalue weighted by Crippen LogP contribution is 2.24. The Bertz CT molecular complexity index is 495. The van der Waals surface area contributed by atoms with Gasteiger partial charge in [0.25, 0.3) is 0 Å². The number of aromatic carboxylic acids is 1. The van der Waals surface area contributed by atoms with Gasteiger partial charge in [0.05, 0.1) is 11.3 Å². The van der Waals surface area contributed by atoms with E-state index in [1.54, 1.807) is 13.0 Å². The number of hydrogen-bond acceptors (Lipinski definition) is 3. The van der Waals surface area contributed by atoms with Crippen molar-refractivity contribution in [2.75, 3.05) is 0 Å². The molecule has 1 heterocycles. The highest BCUT2D eigenvalue weighted by atomic mass is 16.5. The summed E-state index contributed by atoms with van der Waals surface area (Å²) in [6, 6.07) is 2.93. The third-order valence-corrected chi connectivity index (χ3v) is 2.35. The molecule has 0 radical (unpaired) electrons. The van der Waals surface area contributed by atoms with E-state index in [9.17, 15) is 4.79 Å². The van der Waals surface area contributed by atoms with E-state index in [1.165, 1.54) is 6.07 Å². The molecule has 0 aromatic carbocycles. The summed E-state index contributed by atoms with van der Waals surface area (Å²) in [5.74, 6) is 1.64. The van der Waals surface area contributed by atoms with Gasteiger partial charge in [0.1, 0.15) is 0 Å². The maximum atomic E-state index is 11.1. The van der Waals surface area contributed by atoms with Crippen LogP contribution in [0.2, 0.25) is 0 Å². The normalized spacial score (nSPS) is 12.6.